The van der Waals surface area contributed by atoms with Gasteiger partial charge in [-0.3, -0.25) is 9.78 Å². The van der Waals surface area contributed by atoms with Gasteiger partial charge in [-0.25, -0.2) is 13.2 Å². The summed E-state index contributed by atoms with van der Waals surface area (Å²) in [5, 5.41) is 8.15. The first kappa shape index (κ1) is 16.4. The number of fused-ring (bicyclic) bond motifs is 1. The molecule has 9 heteroatoms. The fourth-order valence-corrected chi connectivity index (χ4v) is 6.21. The summed E-state index contributed by atoms with van der Waals surface area (Å²) < 4.78 is 24.4. The molecular formula is C14H13IN2O5S. The number of halogens is 1. The van der Waals surface area contributed by atoms with Crippen molar-refractivity contribution in [2.75, 3.05) is 0 Å². The molecule has 2 atom stereocenters. The number of carboxylic acids is 1. The second kappa shape index (κ2) is 5.00. The molecule has 2 fully saturated rings. The summed E-state index contributed by atoms with van der Waals surface area (Å²) in [5.41, 5.74) is 0.587. The molecule has 3 rings (SSSR count). The van der Waals surface area contributed by atoms with Gasteiger partial charge >= 0.3 is 5.97 Å². The van der Waals surface area contributed by atoms with Crippen LogP contribution >= 0.6 is 22.6 Å². The summed E-state index contributed by atoms with van der Waals surface area (Å²) in [6.07, 6.45) is 1.54. The molecule has 0 spiro atoms. The van der Waals surface area contributed by atoms with E-state index in [-0.39, 0.29) is 5.57 Å². The predicted molar refractivity (Wildman–Crippen MR) is 90.2 cm³/mol. The van der Waals surface area contributed by atoms with E-state index in [1.165, 1.54) is 13.8 Å². The number of pyridine rings is 1. The number of hydrogen-bond donors (Lipinski definition) is 1. The molecule has 0 radical (unpaired) electrons. The Morgan fingerprint density at radius 3 is 2.57 bits per heavy atom. The number of β-lactam (4-membered cyclic amide) rings is 1. The number of aromatic nitrogens is 1. The van der Waals surface area contributed by atoms with Crippen LogP contribution in [0.1, 0.15) is 19.5 Å². The van der Waals surface area contributed by atoms with Gasteiger partial charge in [0, 0.05) is 6.20 Å². The molecule has 0 aromatic carbocycles. The number of hydrogen-bond acceptors (Lipinski definition) is 5. The van der Waals surface area contributed by atoms with Gasteiger partial charge in [-0.1, -0.05) is 6.07 Å². The van der Waals surface area contributed by atoms with Crippen molar-refractivity contribution in [3.63, 3.8) is 0 Å². The SMILES string of the molecule is CC1(C)[C@H](C(=O)O)N2C(=O)/C(=C(\I)c3ccccn3)[C@H]2S1(=O)=O. The Kier molecular flexibility index (Phi) is 3.56. The Bertz CT molecular complexity index is 847. The van der Waals surface area contributed by atoms with Gasteiger partial charge in [0.2, 0.25) is 0 Å². The lowest BCUT2D eigenvalue weighted by atomic mass is 9.95. The maximum Gasteiger partial charge on any atom is 0.328 e. The molecule has 23 heavy (non-hydrogen) atoms. The van der Waals surface area contributed by atoms with E-state index in [0.717, 1.165) is 4.90 Å². The lowest BCUT2D eigenvalue weighted by Gasteiger charge is -2.38. The second-order valence-electron chi connectivity index (χ2n) is 5.90. The van der Waals surface area contributed by atoms with E-state index in [0.29, 0.717) is 9.27 Å². The quantitative estimate of drug-likeness (QED) is 0.412. The Labute approximate surface area is 146 Å². The third-order valence-corrected chi connectivity index (χ3v) is 8.16. The maximum atomic E-state index is 12.8. The number of carbonyl (C=O) groups excluding carboxylic acids is 1. The average Bonchev–Trinajstić information content (AvgIpc) is 2.62. The zero-order valence-electron chi connectivity index (χ0n) is 12.2. The highest BCUT2D eigenvalue weighted by Crippen LogP contribution is 2.51. The molecule has 1 aromatic rings. The molecular weight excluding hydrogens is 435 g/mol. The summed E-state index contributed by atoms with van der Waals surface area (Å²) in [6, 6.07) is 3.73. The highest BCUT2D eigenvalue weighted by atomic mass is 127. The summed E-state index contributed by atoms with van der Waals surface area (Å²) in [4.78, 5) is 29.0. The van der Waals surface area contributed by atoms with Crippen molar-refractivity contribution in [3.8, 4) is 0 Å². The molecule has 2 saturated heterocycles. The number of nitrogens with zero attached hydrogens (tertiary/aromatic N) is 2. The van der Waals surface area contributed by atoms with Crippen molar-refractivity contribution in [1.82, 2.24) is 9.88 Å². The van der Waals surface area contributed by atoms with E-state index in [4.69, 9.17) is 0 Å². The first-order valence-electron chi connectivity index (χ1n) is 6.72. The van der Waals surface area contributed by atoms with Gasteiger partial charge in [0.05, 0.1) is 14.8 Å². The van der Waals surface area contributed by atoms with E-state index in [2.05, 4.69) is 4.98 Å². The van der Waals surface area contributed by atoms with Crippen LogP contribution in [0.15, 0.2) is 30.0 Å². The molecule has 0 bridgehead atoms. The monoisotopic (exact) mass is 448 g/mol. The minimum Gasteiger partial charge on any atom is -0.480 e. The van der Waals surface area contributed by atoms with Gasteiger partial charge in [0.1, 0.15) is 4.75 Å². The Morgan fingerprint density at radius 2 is 2.04 bits per heavy atom. The largest absolute Gasteiger partial charge is 0.480 e. The third-order valence-electron chi connectivity index (χ3n) is 4.29. The van der Waals surface area contributed by atoms with Gasteiger partial charge in [-0.2, -0.15) is 0 Å². The van der Waals surface area contributed by atoms with E-state index >= 15 is 0 Å². The fraction of sp³-hybridized carbons (Fsp3) is 0.357. The van der Waals surface area contributed by atoms with E-state index in [1.807, 2.05) is 22.6 Å². The first-order chi connectivity index (χ1) is 10.6. The lowest BCUT2D eigenvalue weighted by Crippen LogP contribution is -2.59. The average molecular weight is 448 g/mol. The molecule has 0 aliphatic carbocycles. The minimum atomic E-state index is -3.86. The van der Waals surface area contributed by atoms with Crippen molar-refractivity contribution in [3.05, 3.63) is 35.7 Å². The van der Waals surface area contributed by atoms with Crippen molar-refractivity contribution in [1.29, 1.82) is 0 Å². The van der Waals surface area contributed by atoms with Crippen LogP contribution in [-0.4, -0.2) is 51.4 Å². The third kappa shape index (κ3) is 1.98. The zero-order valence-corrected chi connectivity index (χ0v) is 15.2. The van der Waals surface area contributed by atoms with Crippen LogP contribution in [0.4, 0.5) is 0 Å². The van der Waals surface area contributed by atoms with Gasteiger partial charge < -0.3 is 10.0 Å². The Hall–Kier alpha value is -1.49. The molecule has 1 amide bonds. The van der Waals surface area contributed by atoms with Crippen LogP contribution in [0.2, 0.25) is 0 Å². The predicted octanol–water partition coefficient (Wildman–Crippen LogP) is 1.06. The number of sulfone groups is 1. The number of carbonyl (C=O) groups is 2. The van der Waals surface area contributed by atoms with Crippen LogP contribution in [0.5, 0.6) is 0 Å². The zero-order chi connectivity index (χ0) is 17.2. The number of rotatable bonds is 2. The smallest absolute Gasteiger partial charge is 0.328 e. The van der Waals surface area contributed by atoms with Crippen molar-refractivity contribution in [2.24, 2.45) is 0 Å². The van der Waals surface area contributed by atoms with E-state index in [1.54, 1.807) is 24.4 Å². The summed E-state index contributed by atoms with van der Waals surface area (Å²) in [7, 11) is -3.86. The summed E-state index contributed by atoms with van der Waals surface area (Å²) in [5.74, 6) is -1.88. The molecule has 0 unspecified atom stereocenters. The van der Waals surface area contributed by atoms with Gasteiger partial charge in [0.25, 0.3) is 5.91 Å². The second-order valence-corrected chi connectivity index (χ2v) is 9.56. The van der Waals surface area contributed by atoms with Crippen LogP contribution < -0.4 is 0 Å². The fourth-order valence-electron chi connectivity index (χ4n) is 3.01. The van der Waals surface area contributed by atoms with Gasteiger partial charge in [0.15, 0.2) is 21.3 Å². The molecule has 0 saturated carbocycles. The summed E-state index contributed by atoms with van der Waals surface area (Å²) >= 11 is 1.89. The van der Waals surface area contributed by atoms with Crippen molar-refractivity contribution in [2.45, 2.75) is 30.0 Å². The molecule has 3 heterocycles. The number of aliphatic carboxylic acids is 1. The van der Waals surface area contributed by atoms with Gasteiger partial charge in [-0.15, -0.1) is 0 Å². The Morgan fingerprint density at radius 1 is 1.39 bits per heavy atom. The van der Waals surface area contributed by atoms with E-state index < -0.39 is 37.9 Å². The molecule has 1 aromatic heterocycles. The normalized spacial score (nSPS) is 29.7. The molecule has 7 nitrogen and oxygen atoms in total. The minimum absolute atomic E-state index is 0.0983. The highest BCUT2D eigenvalue weighted by molar-refractivity contribution is 14.1. The molecule has 122 valence electrons. The van der Waals surface area contributed by atoms with Crippen LogP contribution in [0.25, 0.3) is 3.58 Å². The molecule has 1 N–H and O–H groups in total. The standard InChI is InChI=1S/C14H13IN2O5S/c1-14(2)10(13(19)20)17-11(18)8(12(17)23(14,21)22)9(15)7-5-3-4-6-16-7/h3-6,10,12H,1-2H3,(H,19,20)/b9-8+/t10-,12+/m0/s1. The molecule has 2 aliphatic rings. The van der Waals surface area contributed by atoms with Crippen LogP contribution in [0.3, 0.4) is 0 Å². The molecule has 2 aliphatic heterocycles. The topological polar surface area (TPSA) is 105 Å². The van der Waals surface area contributed by atoms with Crippen LogP contribution in [-0.2, 0) is 19.4 Å². The highest BCUT2D eigenvalue weighted by Gasteiger charge is 2.70. The van der Waals surface area contributed by atoms with Gasteiger partial charge in [-0.05, 0) is 48.6 Å². The van der Waals surface area contributed by atoms with E-state index in [9.17, 15) is 23.1 Å². The number of amides is 1. The first-order valence-corrected chi connectivity index (χ1v) is 9.35. The number of carboxylic acid groups (broad SMARTS) is 1. The van der Waals surface area contributed by atoms with Crippen LogP contribution in [0, 0.1) is 0 Å². The Balaban J connectivity index is 2.18. The van der Waals surface area contributed by atoms with Crippen molar-refractivity contribution >= 4 is 47.9 Å². The lowest BCUT2D eigenvalue weighted by molar-refractivity contribution is -0.152. The maximum absolute atomic E-state index is 12.8. The summed E-state index contributed by atoms with van der Waals surface area (Å²) in [6.45, 7) is 2.69. The van der Waals surface area contributed by atoms with Crippen molar-refractivity contribution < 1.29 is 23.1 Å².